The Morgan fingerprint density at radius 1 is 0.786 bits per heavy atom. The van der Waals surface area contributed by atoms with Crippen molar-refractivity contribution in [3.05, 3.63) is 71.8 Å². The first kappa shape index (κ1) is 18.2. The number of sulfonamides is 1. The van der Waals surface area contributed by atoms with Crippen LogP contribution < -0.4 is 19.5 Å². The van der Waals surface area contributed by atoms with Crippen molar-refractivity contribution in [2.24, 2.45) is 0 Å². The molecule has 0 radical (unpaired) electrons. The van der Waals surface area contributed by atoms with Crippen molar-refractivity contribution in [3.63, 3.8) is 0 Å². The molecule has 0 aromatic heterocycles. The lowest BCUT2D eigenvalue weighted by atomic mass is 10.2. The fourth-order valence-electron chi connectivity index (χ4n) is 3.07. The van der Waals surface area contributed by atoms with Crippen LogP contribution in [0.25, 0.3) is 0 Å². The normalized spacial score (nSPS) is 12.6. The summed E-state index contributed by atoms with van der Waals surface area (Å²) in [6.45, 7) is 3.96. The molecule has 0 atom stereocenters. The van der Waals surface area contributed by atoms with E-state index in [1.165, 1.54) is 0 Å². The fourth-order valence-corrected chi connectivity index (χ4v) is 4.36. The molecule has 28 heavy (non-hydrogen) atoms. The summed E-state index contributed by atoms with van der Waals surface area (Å²) in [5.41, 5.74) is 3.92. The van der Waals surface area contributed by atoms with E-state index in [9.17, 15) is 8.42 Å². The molecule has 1 heterocycles. The standard InChI is InChI=1S/C21H20N2O4S/c1-14-3-10-21(15(2)11-14)28(24,25)23-17-6-4-16(5-7-17)22-18-8-9-19-20(12-18)27-13-26-19/h3-12,22-23H,13H2,1-2H3. The average molecular weight is 396 g/mol. The van der Waals surface area contributed by atoms with Gasteiger partial charge in [0, 0.05) is 23.1 Å². The largest absolute Gasteiger partial charge is 0.454 e. The molecule has 2 N–H and O–H groups in total. The Morgan fingerprint density at radius 2 is 1.46 bits per heavy atom. The van der Waals surface area contributed by atoms with E-state index in [4.69, 9.17) is 9.47 Å². The molecule has 0 unspecified atom stereocenters. The molecule has 0 aliphatic carbocycles. The van der Waals surface area contributed by atoms with Gasteiger partial charge in [0.25, 0.3) is 10.0 Å². The lowest BCUT2D eigenvalue weighted by molar-refractivity contribution is 0.174. The van der Waals surface area contributed by atoms with Gasteiger partial charge < -0.3 is 14.8 Å². The third-order valence-corrected chi connectivity index (χ3v) is 5.96. The van der Waals surface area contributed by atoms with Crippen LogP contribution in [0.1, 0.15) is 11.1 Å². The highest BCUT2D eigenvalue weighted by Gasteiger charge is 2.17. The number of aryl methyl sites for hydroxylation is 2. The van der Waals surface area contributed by atoms with Gasteiger partial charge in [0.2, 0.25) is 6.79 Å². The number of anilines is 3. The fraction of sp³-hybridized carbons (Fsp3) is 0.143. The van der Waals surface area contributed by atoms with Crippen molar-refractivity contribution in [2.75, 3.05) is 16.8 Å². The summed E-state index contributed by atoms with van der Waals surface area (Å²) < 4.78 is 38.6. The van der Waals surface area contributed by atoms with Gasteiger partial charge in [-0.15, -0.1) is 0 Å². The maximum absolute atomic E-state index is 12.7. The van der Waals surface area contributed by atoms with Crippen LogP contribution in [-0.2, 0) is 10.0 Å². The summed E-state index contributed by atoms with van der Waals surface area (Å²) in [5, 5.41) is 3.26. The van der Waals surface area contributed by atoms with Crippen LogP contribution in [0.15, 0.2) is 65.6 Å². The summed E-state index contributed by atoms with van der Waals surface area (Å²) in [6, 6.07) is 17.9. The Morgan fingerprint density at radius 3 is 2.21 bits per heavy atom. The first-order chi connectivity index (χ1) is 13.4. The molecule has 0 spiro atoms. The first-order valence-corrected chi connectivity index (χ1v) is 10.3. The predicted molar refractivity (Wildman–Crippen MR) is 109 cm³/mol. The van der Waals surface area contributed by atoms with Gasteiger partial charge in [0.1, 0.15) is 0 Å². The third kappa shape index (κ3) is 3.75. The van der Waals surface area contributed by atoms with Crippen LogP contribution in [0, 0.1) is 13.8 Å². The molecule has 144 valence electrons. The molecular weight excluding hydrogens is 376 g/mol. The zero-order chi connectivity index (χ0) is 19.7. The minimum Gasteiger partial charge on any atom is -0.454 e. The number of hydrogen-bond acceptors (Lipinski definition) is 5. The number of rotatable bonds is 5. The molecule has 7 heteroatoms. The van der Waals surface area contributed by atoms with E-state index in [0.717, 1.165) is 22.7 Å². The van der Waals surface area contributed by atoms with E-state index in [1.54, 1.807) is 31.2 Å². The second kappa shape index (κ2) is 7.09. The van der Waals surface area contributed by atoms with Crippen molar-refractivity contribution in [3.8, 4) is 11.5 Å². The molecule has 3 aromatic carbocycles. The number of hydrogen-bond donors (Lipinski definition) is 2. The third-order valence-electron chi connectivity index (χ3n) is 4.42. The summed E-state index contributed by atoms with van der Waals surface area (Å²) in [7, 11) is -3.64. The van der Waals surface area contributed by atoms with Gasteiger partial charge in [-0.3, -0.25) is 4.72 Å². The SMILES string of the molecule is Cc1ccc(S(=O)(=O)Nc2ccc(Nc3ccc4c(c3)OCO4)cc2)c(C)c1. The highest BCUT2D eigenvalue weighted by molar-refractivity contribution is 7.92. The van der Waals surface area contributed by atoms with Crippen molar-refractivity contribution < 1.29 is 17.9 Å². The van der Waals surface area contributed by atoms with Gasteiger partial charge in [0.05, 0.1) is 4.90 Å². The zero-order valence-electron chi connectivity index (χ0n) is 15.5. The highest BCUT2D eigenvalue weighted by Crippen LogP contribution is 2.35. The van der Waals surface area contributed by atoms with Crippen LogP contribution >= 0.6 is 0 Å². The number of benzene rings is 3. The van der Waals surface area contributed by atoms with E-state index in [2.05, 4.69) is 10.0 Å². The predicted octanol–water partition coefficient (Wildman–Crippen LogP) is 4.58. The smallest absolute Gasteiger partial charge is 0.262 e. The number of nitrogens with one attached hydrogen (secondary N) is 2. The lowest BCUT2D eigenvalue weighted by Gasteiger charge is -2.12. The van der Waals surface area contributed by atoms with Crippen LogP contribution in [0.2, 0.25) is 0 Å². The molecule has 1 aliphatic rings. The maximum Gasteiger partial charge on any atom is 0.262 e. The first-order valence-electron chi connectivity index (χ1n) is 8.77. The van der Waals surface area contributed by atoms with E-state index < -0.39 is 10.0 Å². The molecule has 0 amide bonds. The van der Waals surface area contributed by atoms with E-state index in [0.29, 0.717) is 17.0 Å². The van der Waals surface area contributed by atoms with Crippen LogP contribution in [-0.4, -0.2) is 15.2 Å². The Bertz CT molecular complexity index is 1130. The second-order valence-corrected chi connectivity index (χ2v) is 8.30. The summed E-state index contributed by atoms with van der Waals surface area (Å²) in [4.78, 5) is 0.278. The molecule has 1 aliphatic heterocycles. The minimum atomic E-state index is -3.64. The van der Waals surface area contributed by atoms with E-state index >= 15 is 0 Å². The molecule has 0 saturated carbocycles. The zero-order valence-corrected chi connectivity index (χ0v) is 16.3. The lowest BCUT2D eigenvalue weighted by Crippen LogP contribution is -2.14. The summed E-state index contributed by atoms with van der Waals surface area (Å²) in [6.07, 6.45) is 0. The Labute approximate surface area is 164 Å². The van der Waals surface area contributed by atoms with E-state index in [-0.39, 0.29) is 11.7 Å². The van der Waals surface area contributed by atoms with Crippen LogP contribution in [0.4, 0.5) is 17.1 Å². The van der Waals surface area contributed by atoms with Crippen LogP contribution in [0.3, 0.4) is 0 Å². The van der Waals surface area contributed by atoms with Gasteiger partial charge >= 0.3 is 0 Å². The molecule has 4 rings (SSSR count). The van der Waals surface area contributed by atoms with Crippen molar-refractivity contribution in [1.82, 2.24) is 0 Å². The second-order valence-electron chi connectivity index (χ2n) is 6.64. The monoisotopic (exact) mass is 396 g/mol. The topological polar surface area (TPSA) is 76.7 Å². The molecule has 0 saturated heterocycles. The Balaban J connectivity index is 1.48. The summed E-state index contributed by atoms with van der Waals surface area (Å²) in [5.74, 6) is 1.42. The van der Waals surface area contributed by atoms with Gasteiger partial charge in [-0.1, -0.05) is 17.7 Å². The molecule has 0 fully saturated rings. The van der Waals surface area contributed by atoms with Gasteiger partial charge in [0.15, 0.2) is 11.5 Å². The minimum absolute atomic E-state index is 0.230. The molecule has 6 nitrogen and oxygen atoms in total. The van der Waals surface area contributed by atoms with Crippen molar-refractivity contribution in [1.29, 1.82) is 0 Å². The van der Waals surface area contributed by atoms with E-state index in [1.807, 2.05) is 43.3 Å². The van der Waals surface area contributed by atoms with Gasteiger partial charge in [-0.05, 0) is 61.9 Å². The van der Waals surface area contributed by atoms with Crippen LogP contribution in [0.5, 0.6) is 11.5 Å². The van der Waals surface area contributed by atoms with Gasteiger partial charge in [-0.25, -0.2) is 8.42 Å². The Hall–Kier alpha value is -3.19. The van der Waals surface area contributed by atoms with Crippen molar-refractivity contribution >= 4 is 27.1 Å². The molecular formula is C21H20N2O4S. The van der Waals surface area contributed by atoms with Gasteiger partial charge in [-0.2, -0.15) is 0 Å². The molecule has 3 aromatic rings. The number of ether oxygens (including phenoxy) is 2. The maximum atomic E-state index is 12.7. The Kier molecular flexibility index (Phi) is 4.60. The molecule has 0 bridgehead atoms. The number of fused-ring (bicyclic) bond motifs is 1. The summed E-state index contributed by atoms with van der Waals surface area (Å²) >= 11 is 0. The van der Waals surface area contributed by atoms with Crippen molar-refractivity contribution in [2.45, 2.75) is 18.7 Å². The quantitative estimate of drug-likeness (QED) is 0.660. The highest BCUT2D eigenvalue weighted by atomic mass is 32.2. The average Bonchev–Trinajstić information content (AvgIpc) is 3.10.